The largest absolute Gasteiger partial charge is 0.492 e. The van der Waals surface area contributed by atoms with Gasteiger partial charge in [0.1, 0.15) is 12.4 Å². The van der Waals surface area contributed by atoms with E-state index in [1.165, 1.54) is 17.7 Å². The van der Waals surface area contributed by atoms with Crippen molar-refractivity contribution in [3.63, 3.8) is 0 Å². The molecule has 0 unspecified atom stereocenters. The summed E-state index contributed by atoms with van der Waals surface area (Å²) in [6.07, 6.45) is 0. The summed E-state index contributed by atoms with van der Waals surface area (Å²) in [6, 6.07) is 14.2. The van der Waals surface area contributed by atoms with Gasteiger partial charge in [0.15, 0.2) is 0 Å². The Bertz CT molecular complexity index is 851. The van der Waals surface area contributed by atoms with Crippen LogP contribution in [0, 0.1) is 0 Å². The third kappa shape index (κ3) is 6.19. The molecule has 0 radical (unpaired) electrons. The Balaban J connectivity index is 1.38. The molecule has 2 N–H and O–H groups in total. The molecule has 27 heavy (non-hydrogen) atoms. The average molecular weight is 410 g/mol. The molecule has 146 valence electrons. The van der Waals surface area contributed by atoms with E-state index in [9.17, 15) is 8.42 Å². The number of halogens is 1. The van der Waals surface area contributed by atoms with Crippen LogP contribution in [0.5, 0.6) is 5.75 Å². The first-order valence-corrected chi connectivity index (χ1v) is 10.8. The van der Waals surface area contributed by atoms with Crippen molar-refractivity contribution >= 4 is 21.6 Å². The van der Waals surface area contributed by atoms with Crippen LogP contribution in [0.1, 0.15) is 5.56 Å². The Morgan fingerprint density at radius 3 is 2.30 bits per heavy atom. The van der Waals surface area contributed by atoms with Crippen LogP contribution in [0.2, 0.25) is 5.02 Å². The number of benzene rings is 2. The third-order valence-corrected chi connectivity index (χ3v) is 5.75. The van der Waals surface area contributed by atoms with Gasteiger partial charge in [0.05, 0.1) is 4.90 Å². The molecule has 0 aliphatic carbocycles. The van der Waals surface area contributed by atoms with Crippen LogP contribution < -0.4 is 9.88 Å². The molecule has 2 aromatic rings. The normalized spacial score (nSPS) is 16.4. The fourth-order valence-corrected chi connectivity index (χ4v) is 3.81. The molecule has 1 saturated heterocycles. The number of hydrogen-bond donors (Lipinski definition) is 1. The number of primary sulfonamides is 1. The summed E-state index contributed by atoms with van der Waals surface area (Å²) in [6.45, 7) is 6.32. The average Bonchev–Trinajstić information content (AvgIpc) is 2.63. The molecule has 3 rings (SSSR count). The van der Waals surface area contributed by atoms with Crippen molar-refractivity contribution in [1.82, 2.24) is 9.80 Å². The van der Waals surface area contributed by atoms with Crippen LogP contribution in [-0.2, 0) is 16.6 Å². The highest BCUT2D eigenvalue weighted by atomic mass is 35.5. The highest BCUT2D eigenvalue weighted by molar-refractivity contribution is 7.89. The zero-order chi connectivity index (χ0) is 19.3. The number of nitrogens with zero attached hydrogens (tertiary/aromatic N) is 2. The molecule has 1 fully saturated rings. The van der Waals surface area contributed by atoms with Crippen LogP contribution in [0.25, 0.3) is 0 Å². The van der Waals surface area contributed by atoms with E-state index in [-0.39, 0.29) is 4.90 Å². The molecule has 1 heterocycles. The number of piperazine rings is 1. The molecule has 8 heteroatoms. The molecular formula is C19H24ClN3O3S. The standard InChI is InChI=1S/C19H24ClN3O3S/c20-17-3-1-2-16(14-17)15-23-10-8-22(9-11-23)12-13-26-18-4-6-19(7-5-18)27(21,24)25/h1-7,14H,8-13,15H2,(H2,21,24,25). The summed E-state index contributed by atoms with van der Waals surface area (Å²) in [5.74, 6) is 0.641. The monoisotopic (exact) mass is 409 g/mol. The minimum absolute atomic E-state index is 0.0886. The van der Waals surface area contributed by atoms with Crippen molar-refractivity contribution in [1.29, 1.82) is 0 Å². The molecule has 0 aromatic heterocycles. The first-order valence-electron chi connectivity index (χ1n) is 8.85. The Kier molecular flexibility index (Phi) is 6.73. The SMILES string of the molecule is NS(=O)(=O)c1ccc(OCCN2CCN(Cc3cccc(Cl)c3)CC2)cc1. The number of rotatable bonds is 7. The van der Waals surface area contributed by atoms with E-state index in [0.29, 0.717) is 12.4 Å². The molecule has 0 atom stereocenters. The maximum Gasteiger partial charge on any atom is 0.238 e. The zero-order valence-corrected chi connectivity index (χ0v) is 16.6. The summed E-state index contributed by atoms with van der Waals surface area (Å²) in [5.41, 5.74) is 1.24. The Morgan fingerprint density at radius 2 is 1.67 bits per heavy atom. The fraction of sp³-hybridized carbons (Fsp3) is 0.368. The van der Waals surface area contributed by atoms with Gasteiger partial charge >= 0.3 is 0 Å². The topological polar surface area (TPSA) is 75.9 Å². The van der Waals surface area contributed by atoms with E-state index in [4.69, 9.17) is 21.5 Å². The van der Waals surface area contributed by atoms with Gasteiger partial charge in [0.2, 0.25) is 10.0 Å². The van der Waals surface area contributed by atoms with Gasteiger partial charge in [0.25, 0.3) is 0 Å². The van der Waals surface area contributed by atoms with E-state index >= 15 is 0 Å². The van der Waals surface area contributed by atoms with Gasteiger partial charge < -0.3 is 4.74 Å². The minimum Gasteiger partial charge on any atom is -0.492 e. The Labute approximate surface area is 165 Å². The van der Waals surface area contributed by atoms with Crippen LogP contribution in [0.4, 0.5) is 0 Å². The lowest BCUT2D eigenvalue weighted by molar-refractivity contribution is 0.112. The first kappa shape index (κ1) is 20.1. The molecule has 0 saturated carbocycles. The van der Waals surface area contributed by atoms with E-state index in [0.717, 1.165) is 44.3 Å². The molecular weight excluding hydrogens is 386 g/mol. The van der Waals surface area contributed by atoms with Gasteiger partial charge in [-0.3, -0.25) is 9.80 Å². The maximum atomic E-state index is 11.2. The van der Waals surface area contributed by atoms with E-state index in [1.807, 2.05) is 18.2 Å². The predicted octanol–water partition coefficient (Wildman–Crippen LogP) is 2.18. The summed E-state index contributed by atoms with van der Waals surface area (Å²) in [5, 5.41) is 5.86. The lowest BCUT2D eigenvalue weighted by atomic mass is 10.2. The smallest absolute Gasteiger partial charge is 0.238 e. The Hall–Kier alpha value is -1.64. The van der Waals surface area contributed by atoms with Gasteiger partial charge in [-0.05, 0) is 42.0 Å². The summed E-state index contributed by atoms with van der Waals surface area (Å²) in [4.78, 5) is 4.88. The second-order valence-electron chi connectivity index (χ2n) is 6.61. The van der Waals surface area contributed by atoms with Crippen LogP contribution >= 0.6 is 11.6 Å². The van der Waals surface area contributed by atoms with Gasteiger partial charge in [-0.1, -0.05) is 23.7 Å². The van der Waals surface area contributed by atoms with Gasteiger partial charge in [0, 0.05) is 44.3 Å². The van der Waals surface area contributed by atoms with E-state index < -0.39 is 10.0 Å². The summed E-state index contributed by atoms with van der Waals surface area (Å²) in [7, 11) is -3.66. The lowest BCUT2D eigenvalue weighted by Crippen LogP contribution is -2.47. The summed E-state index contributed by atoms with van der Waals surface area (Å²) >= 11 is 6.05. The van der Waals surface area contributed by atoms with Crippen molar-refractivity contribution in [3.05, 3.63) is 59.1 Å². The fourth-order valence-electron chi connectivity index (χ4n) is 3.08. The molecule has 2 aromatic carbocycles. The number of nitrogens with two attached hydrogens (primary N) is 1. The third-order valence-electron chi connectivity index (χ3n) is 4.59. The van der Waals surface area contributed by atoms with E-state index in [2.05, 4.69) is 15.9 Å². The molecule has 0 bridgehead atoms. The van der Waals surface area contributed by atoms with Gasteiger partial charge in [-0.25, -0.2) is 13.6 Å². The minimum atomic E-state index is -3.66. The molecule has 0 spiro atoms. The second kappa shape index (κ2) is 9.03. The quantitative estimate of drug-likeness (QED) is 0.758. The van der Waals surface area contributed by atoms with Gasteiger partial charge in [-0.15, -0.1) is 0 Å². The van der Waals surface area contributed by atoms with E-state index in [1.54, 1.807) is 12.1 Å². The first-order chi connectivity index (χ1) is 12.9. The maximum absolute atomic E-state index is 11.2. The van der Waals surface area contributed by atoms with Crippen molar-refractivity contribution in [2.24, 2.45) is 5.14 Å². The molecule has 1 aliphatic rings. The highest BCUT2D eigenvalue weighted by Gasteiger charge is 2.17. The Morgan fingerprint density at radius 1 is 1.00 bits per heavy atom. The highest BCUT2D eigenvalue weighted by Crippen LogP contribution is 2.16. The number of sulfonamides is 1. The van der Waals surface area contributed by atoms with Crippen molar-refractivity contribution in [2.45, 2.75) is 11.4 Å². The molecule has 1 aliphatic heterocycles. The zero-order valence-electron chi connectivity index (χ0n) is 15.1. The molecule has 0 amide bonds. The van der Waals surface area contributed by atoms with Crippen LogP contribution in [0.3, 0.4) is 0 Å². The van der Waals surface area contributed by atoms with Crippen molar-refractivity contribution in [2.75, 3.05) is 39.3 Å². The van der Waals surface area contributed by atoms with Crippen LogP contribution in [0.15, 0.2) is 53.4 Å². The van der Waals surface area contributed by atoms with Crippen LogP contribution in [-0.4, -0.2) is 57.5 Å². The summed E-state index contributed by atoms with van der Waals surface area (Å²) < 4.78 is 28.2. The van der Waals surface area contributed by atoms with Crippen molar-refractivity contribution in [3.8, 4) is 5.75 Å². The number of ether oxygens (including phenoxy) is 1. The second-order valence-corrected chi connectivity index (χ2v) is 8.61. The lowest BCUT2D eigenvalue weighted by Gasteiger charge is -2.34. The van der Waals surface area contributed by atoms with Gasteiger partial charge in [-0.2, -0.15) is 0 Å². The molecule has 6 nitrogen and oxygen atoms in total. The predicted molar refractivity (Wildman–Crippen MR) is 106 cm³/mol. The van der Waals surface area contributed by atoms with Crippen molar-refractivity contribution < 1.29 is 13.2 Å². The number of hydrogen-bond acceptors (Lipinski definition) is 5.